The molecular weight excluding hydrogens is 538 g/mol. The number of rotatable bonds is 9. The number of methoxy groups -OCH3 is 3. The van der Waals surface area contributed by atoms with Gasteiger partial charge in [0.1, 0.15) is 18.1 Å². The molecule has 1 saturated heterocycles. The van der Waals surface area contributed by atoms with E-state index in [1.54, 1.807) is 20.4 Å². The van der Waals surface area contributed by atoms with Crippen molar-refractivity contribution in [3.63, 3.8) is 0 Å². The fourth-order valence-electron chi connectivity index (χ4n) is 5.43. The molecule has 212 valence electrons. The summed E-state index contributed by atoms with van der Waals surface area (Å²) in [6.45, 7) is 4.14. The first-order chi connectivity index (χ1) is 19.9. The molecule has 1 fully saturated rings. The summed E-state index contributed by atoms with van der Waals surface area (Å²) in [6, 6.07) is 21.3. The van der Waals surface area contributed by atoms with E-state index in [4.69, 9.17) is 26.4 Å². The van der Waals surface area contributed by atoms with Gasteiger partial charge in [0.05, 0.1) is 37.7 Å². The number of nitrogens with zero attached hydrogens (tertiary/aromatic N) is 3. The lowest BCUT2D eigenvalue weighted by atomic mass is 9.96. The maximum atomic E-state index is 12.4. The number of benzene rings is 2. The van der Waals surface area contributed by atoms with Gasteiger partial charge in [0.15, 0.2) is 5.11 Å². The minimum absolute atomic E-state index is 0.0706. The van der Waals surface area contributed by atoms with Gasteiger partial charge in [0, 0.05) is 36.1 Å². The third-order valence-electron chi connectivity index (χ3n) is 7.23. The lowest BCUT2D eigenvalue weighted by molar-refractivity contribution is -0.119. The lowest BCUT2D eigenvalue weighted by Gasteiger charge is -2.29. The van der Waals surface area contributed by atoms with Crippen LogP contribution in [0.2, 0.25) is 0 Å². The summed E-state index contributed by atoms with van der Waals surface area (Å²) in [5.74, 6) is 1.05. The molecule has 2 aromatic heterocycles. The Labute approximate surface area is 245 Å². The monoisotopic (exact) mass is 571 g/mol. The van der Waals surface area contributed by atoms with E-state index in [2.05, 4.69) is 45.0 Å². The molecule has 2 aromatic carbocycles. The van der Waals surface area contributed by atoms with Gasteiger partial charge in [0.2, 0.25) is 5.91 Å². The smallest absolute Gasteiger partial charge is 0.250 e. The molecule has 4 aromatic rings. The van der Waals surface area contributed by atoms with Crippen molar-refractivity contribution in [1.29, 1.82) is 0 Å². The van der Waals surface area contributed by atoms with Crippen molar-refractivity contribution in [2.24, 2.45) is 0 Å². The molecule has 2 N–H and O–H groups in total. The van der Waals surface area contributed by atoms with Gasteiger partial charge in [-0.25, -0.2) is 0 Å². The zero-order valence-electron chi connectivity index (χ0n) is 23.7. The standard InChI is InChI=1S/C31H33N5O4S/c1-19-16-24(20(2)35(19)21-9-12-23(39-4)13-10-21)30-29(25-8-6-7-15-32-25)34-31(41)36(30)22-11-14-27(40-5)26(17-22)33-28(37)18-38-3/h6-17,29-30H,18H2,1-5H3,(H,33,37)(H,34,41)/t29-,30-/m0/s1. The van der Waals surface area contributed by atoms with Crippen LogP contribution in [-0.4, -0.2) is 48.5 Å². The number of nitrogens with one attached hydrogen (secondary N) is 2. The number of amides is 1. The van der Waals surface area contributed by atoms with E-state index >= 15 is 0 Å². The maximum absolute atomic E-state index is 12.4. The molecule has 1 aliphatic rings. The number of hydrogen-bond donors (Lipinski definition) is 2. The average molecular weight is 572 g/mol. The predicted molar refractivity (Wildman–Crippen MR) is 163 cm³/mol. The van der Waals surface area contributed by atoms with Crippen molar-refractivity contribution < 1.29 is 19.0 Å². The highest BCUT2D eigenvalue weighted by Crippen LogP contribution is 2.45. The molecule has 0 bridgehead atoms. The van der Waals surface area contributed by atoms with Gasteiger partial charge in [0.25, 0.3) is 0 Å². The number of pyridine rings is 1. The Morgan fingerprint density at radius 1 is 1.00 bits per heavy atom. The van der Waals surface area contributed by atoms with Crippen LogP contribution in [0.1, 0.15) is 34.7 Å². The number of carbonyl (C=O) groups excluding carboxylic acids is 1. The van der Waals surface area contributed by atoms with E-state index in [0.717, 1.165) is 39.8 Å². The van der Waals surface area contributed by atoms with Crippen LogP contribution in [0, 0.1) is 13.8 Å². The topological polar surface area (TPSA) is 89.9 Å². The summed E-state index contributed by atoms with van der Waals surface area (Å²) in [7, 11) is 4.71. The Bertz CT molecular complexity index is 1550. The largest absolute Gasteiger partial charge is 0.497 e. The summed E-state index contributed by atoms with van der Waals surface area (Å²) in [4.78, 5) is 19.2. The molecular formula is C31H33N5O4S. The Morgan fingerprint density at radius 2 is 1.76 bits per heavy atom. The van der Waals surface area contributed by atoms with Crippen LogP contribution < -0.4 is 25.0 Å². The number of hydrogen-bond acceptors (Lipinski definition) is 6. The fourth-order valence-corrected chi connectivity index (χ4v) is 5.77. The van der Waals surface area contributed by atoms with E-state index in [9.17, 15) is 4.79 Å². The highest BCUT2D eigenvalue weighted by molar-refractivity contribution is 7.80. The maximum Gasteiger partial charge on any atom is 0.250 e. The van der Waals surface area contributed by atoms with Gasteiger partial charge >= 0.3 is 0 Å². The number of ether oxygens (including phenoxy) is 3. The Kier molecular flexibility index (Phi) is 8.23. The SMILES string of the molecule is COCC(=O)Nc1cc(N2C(=S)N[C@@H](c3ccccn3)[C@@H]2c2cc(C)n(-c3ccc(OC)cc3)c2C)ccc1OC. The van der Waals surface area contributed by atoms with Crippen molar-refractivity contribution in [2.45, 2.75) is 25.9 Å². The normalized spacial score (nSPS) is 16.4. The molecule has 41 heavy (non-hydrogen) atoms. The lowest BCUT2D eigenvalue weighted by Crippen LogP contribution is -2.29. The van der Waals surface area contributed by atoms with Gasteiger partial charge in [-0.2, -0.15) is 0 Å². The summed E-state index contributed by atoms with van der Waals surface area (Å²) in [6.07, 6.45) is 1.79. The highest BCUT2D eigenvalue weighted by Gasteiger charge is 2.42. The van der Waals surface area contributed by atoms with E-state index in [1.165, 1.54) is 7.11 Å². The van der Waals surface area contributed by atoms with Crippen molar-refractivity contribution in [1.82, 2.24) is 14.9 Å². The summed E-state index contributed by atoms with van der Waals surface area (Å²) >= 11 is 5.94. The second kappa shape index (κ2) is 12.0. The van der Waals surface area contributed by atoms with Gasteiger partial charge in [-0.15, -0.1) is 0 Å². The van der Waals surface area contributed by atoms with E-state index < -0.39 is 0 Å². The molecule has 1 amide bonds. The number of anilines is 2. The van der Waals surface area contributed by atoms with Gasteiger partial charge in [-0.05, 0) is 92.3 Å². The number of aromatic nitrogens is 2. The Morgan fingerprint density at radius 3 is 2.41 bits per heavy atom. The van der Waals surface area contributed by atoms with Crippen LogP contribution in [0.4, 0.5) is 11.4 Å². The molecule has 1 aliphatic heterocycles. The van der Waals surface area contributed by atoms with Crippen LogP contribution in [0.25, 0.3) is 5.69 Å². The first-order valence-electron chi connectivity index (χ1n) is 13.2. The average Bonchev–Trinajstić information content (AvgIpc) is 3.48. The van der Waals surface area contributed by atoms with Crippen LogP contribution in [0.3, 0.4) is 0 Å². The summed E-state index contributed by atoms with van der Waals surface area (Å²) in [5.41, 5.74) is 6.50. The van der Waals surface area contributed by atoms with Gasteiger partial charge < -0.3 is 34.3 Å². The van der Waals surface area contributed by atoms with Gasteiger partial charge in [-0.3, -0.25) is 9.78 Å². The Balaban J connectivity index is 1.63. The molecule has 0 spiro atoms. The van der Waals surface area contributed by atoms with E-state index in [0.29, 0.717) is 16.5 Å². The zero-order chi connectivity index (χ0) is 29.1. The first kappa shape index (κ1) is 28.1. The molecule has 0 unspecified atom stereocenters. The second-order valence-electron chi connectivity index (χ2n) is 9.72. The third-order valence-corrected chi connectivity index (χ3v) is 7.54. The fraction of sp³-hybridized carbons (Fsp3) is 0.258. The number of aryl methyl sites for hydroxylation is 1. The van der Waals surface area contributed by atoms with Crippen molar-refractivity contribution in [3.05, 3.63) is 95.6 Å². The van der Waals surface area contributed by atoms with Crippen molar-refractivity contribution in [3.8, 4) is 17.2 Å². The molecule has 2 atom stereocenters. The van der Waals surface area contributed by atoms with E-state index in [1.807, 2.05) is 60.7 Å². The second-order valence-corrected chi connectivity index (χ2v) is 10.1. The van der Waals surface area contributed by atoms with Crippen molar-refractivity contribution in [2.75, 3.05) is 38.2 Å². The predicted octanol–water partition coefficient (Wildman–Crippen LogP) is 5.27. The first-order valence-corrected chi connectivity index (χ1v) is 13.6. The molecule has 10 heteroatoms. The summed E-state index contributed by atoms with van der Waals surface area (Å²) < 4.78 is 18.1. The van der Waals surface area contributed by atoms with Crippen LogP contribution >= 0.6 is 12.2 Å². The number of carbonyl (C=O) groups is 1. The number of thiocarbonyl (C=S) groups is 1. The quantitative estimate of drug-likeness (QED) is 0.263. The molecule has 5 rings (SSSR count). The summed E-state index contributed by atoms with van der Waals surface area (Å²) in [5, 5.41) is 6.96. The zero-order valence-corrected chi connectivity index (χ0v) is 24.5. The minimum atomic E-state index is -0.281. The third kappa shape index (κ3) is 5.48. The van der Waals surface area contributed by atoms with E-state index in [-0.39, 0.29) is 24.6 Å². The van der Waals surface area contributed by atoms with Crippen LogP contribution in [0.15, 0.2) is 72.9 Å². The highest BCUT2D eigenvalue weighted by atomic mass is 32.1. The molecule has 0 radical (unpaired) electrons. The van der Waals surface area contributed by atoms with Gasteiger partial charge in [-0.1, -0.05) is 6.07 Å². The molecule has 0 saturated carbocycles. The Hall–Kier alpha value is -4.41. The van der Waals surface area contributed by atoms with Crippen LogP contribution in [0.5, 0.6) is 11.5 Å². The minimum Gasteiger partial charge on any atom is -0.497 e. The molecule has 0 aliphatic carbocycles. The molecule has 9 nitrogen and oxygen atoms in total. The van der Waals surface area contributed by atoms with Crippen molar-refractivity contribution >= 4 is 34.6 Å². The molecule has 3 heterocycles. The van der Waals surface area contributed by atoms with Crippen LogP contribution in [-0.2, 0) is 9.53 Å².